The van der Waals surface area contributed by atoms with Crippen molar-refractivity contribution in [2.75, 3.05) is 18.4 Å². The van der Waals surface area contributed by atoms with Gasteiger partial charge < -0.3 is 15.6 Å². The number of hydrogen-bond acceptors (Lipinski definition) is 6. The molecule has 1 fully saturated rings. The summed E-state index contributed by atoms with van der Waals surface area (Å²) in [5.41, 5.74) is 7.24. The monoisotopic (exact) mass is 565 g/mol. The fraction of sp³-hybridized carbons (Fsp3) is 0.281. The van der Waals surface area contributed by atoms with Gasteiger partial charge in [-0.2, -0.15) is 16.4 Å². The fourth-order valence-corrected chi connectivity index (χ4v) is 6.68. The zero-order chi connectivity index (χ0) is 27.8. The Hall–Kier alpha value is -4.08. The number of halogens is 1. The molecule has 0 atom stereocenters. The van der Waals surface area contributed by atoms with Gasteiger partial charge in [0, 0.05) is 30.4 Å². The number of aromatic nitrogens is 5. The highest BCUT2D eigenvalue weighted by atomic mass is 32.1. The van der Waals surface area contributed by atoms with Gasteiger partial charge in [0.05, 0.1) is 11.1 Å². The maximum absolute atomic E-state index is 16.4. The molecule has 0 spiro atoms. The number of rotatable bonds is 7. The van der Waals surface area contributed by atoms with Crippen molar-refractivity contribution >= 4 is 33.8 Å². The summed E-state index contributed by atoms with van der Waals surface area (Å²) in [7, 11) is 0. The van der Waals surface area contributed by atoms with Crippen LogP contribution in [0.5, 0.6) is 0 Å². The van der Waals surface area contributed by atoms with Crippen LogP contribution in [0.4, 0.5) is 10.2 Å². The van der Waals surface area contributed by atoms with Crippen molar-refractivity contribution in [3.63, 3.8) is 0 Å². The third-order valence-electron chi connectivity index (χ3n) is 8.03. The van der Waals surface area contributed by atoms with Gasteiger partial charge in [0.1, 0.15) is 11.5 Å². The largest absolute Gasteiger partial charge is 0.365 e. The molecule has 9 heteroatoms. The molecule has 7 nitrogen and oxygen atoms in total. The number of thiophene rings is 1. The van der Waals surface area contributed by atoms with Gasteiger partial charge in [0.25, 0.3) is 0 Å². The number of aryl methyl sites for hydroxylation is 1. The average Bonchev–Trinajstić information content (AvgIpc) is 3.76. The van der Waals surface area contributed by atoms with Crippen molar-refractivity contribution in [2.45, 2.75) is 39.2 Å². The van der Waals surface area contributed by atoms with Gasteiger partial charge in [-0.05, 0) is 71.8 Å². The van der Waals surface area contributed by atoms with Crippen LogP contribution in [-0.2, 0) is 6.54 Å². The molecule has 0 saturated heterocycles. The van der Waals surface area contributed by atoms with Crippen LogP contribution in [0.3, 0.4) is 0 Å². The maximum atomic E-state index is 16.4. The molecule has 5 aromatic rings. The van der Waals surface area contributed by atoms with Crippen molar-refractivity contribution in [1.29, 1.82) is 0 Å². The van der Waals surface area contributed by atoms with Crippen LogP contribution >= 0.6 is 11.3 Å². The van der Waals surface area contributed by atoms with Gasteiger partial charge in [0.2, 0.25) is 0 Å². The lowest BCUT2D eigenvalue weighted by Crippen LogP contribution is -2.20. The van der Waals surface area contributed by atoms with Crippen LogP contribution in [0.25, 0.3) is 39.3 Å². The number of imidazole rings is 1. The summed E-state index contributed by atoms with van der Waals surface area (Å²) in [6.45, 7) is 4.49. The number of benzene rings is 1. The average molecular weight is 566 g/mol. The number of hydrogen-bond donors (Lipinski definition) is 4. The lowest BCUT2D eigenvalue weighted by Gasteiger charge is -2.13. The summed E-state index contributed by atoms with van der Waals surface area (Å²) in [6.07, 6.45) is 13.0. The van der Waals surface area contributed by atoms with Crippen LogP contribution < -0.4 is 10.6 Å². The molecule has 208 valence electrons. The fourth-order valence-electron chi connectivity index (χ4n) is 6.02. The van der Waals surface area contributed by atoms with Crippen LogP contribution in [0.15, 0.2) is 59.5 Å². The van der Waals surface area contributed by atoms with E-state index in [1.54, 1.807) is 17.5 Å². The first-order valence-corrected chi connectivity index (χ1v) is 15.2. The van der Waals surface area contributed by atoms with Crippen molar-refractivity contribution in [1.82, 2.24) is 30.5 Å². The highest BCUT2D eigenvalue weighted by Gasteiger charge is 2.23. The van der Waals surface area contributed by atoms with E-state index in [4.69, 9.17) is 4.98 Å². The van der Waals surface area contributed by atoms with E-state index in [1.165, 1.54) is 25.7 Å². The standard InChI is InChI=1S/C32H32FN7S/c1-19-12-21(16-34-15-20-6-2-3-7-20)14-23(13-19)25-17-36-30-26(27(25)33)29(39-40-30)32-37-28-24(22-9-11-41-18-22)8-4-5-10-35-31(28)38-32/h4-5,8-9,11-14,17-18,20,34-35H,2-3,6-7,10,15-16H2,1H3,(H,37,38)(H,36,39,40)/b5-4-,24-8-. The molecule has 0 unspecified atom stereocenters. The molecule has 0 amide bonds. The Morgan fingerprint density at radius 3 is 2.88 bits per heavy atom. The molecule has 1 saturated carbocycles. The van der Waals surface area contributed by atoms with Gasteiger partial charge in [-0.15, -0.1) is 0 Å². The normalized spacial score (nSPS) is 17.6. The summed E-state index contributed by atoms with van der Waals surface area (Å²) in [4.78, 5) is 12.8. The third kappa shape index (κ3) is 5.11. The molecule has 1 aliphatic carbocycles. The summed E-state index contributed by atoms with van der Waals surface area (Å²) >= 11 is 1.64. The molecule has 1 aromatic carbocycles. The minimum atomic E-state index is -0.360. The number of H-pyrrole nitrogens is 2. The molecule has 5 heterocycles. The Bertz CT molecular complexity index is 1760. The van der Waals surface area contributed by atoms with E-state index in [-0.39, 0.29) is 5.82 Å². The summed E-state index contributed by atoms with van der Waals surface area (Å²) < 4.78 is 16.4. The van der Waals surface area contributed by atoms with Gasteiger partial charge in [-0.25, -0.2) is 14.4 Å². The molecule has 4 N–H and O–H groups in total. The second kappa shape index (κ2) is 11.1. The molecule has 4 aromatic heterocycles. The lowest BCUT2D eigenvalue weighted by atomic mass is 9.99. The van der Waals surface area contributed by atoms with E-state index in [0.717, 1.165) is 52.5 Å². The first kappa shape index (κ1) is 25.9. The zero-order valence-electron chi connectivity index (χ0n) is 22.9. The minimum Gasteiger partial charge on any atom is -0.365 e. The number of aromatic amines is 2. The van der Waals surface area contributed by atoms with Crippen molar-refractivity contribution in [3.8, 4) is 22.6 Å². The molecule has 2 aliphatic rings. The predicted molar refractivity (Wildman–Crippen MR) is 164 cm³/mol. The number of anilines is 1. The maximum Gasteiger partial charge on any atom is 0.184 e. The highest BCUT2D eigenvalue weighted by Crippen LogP contribution is 2.36. The van der Waals surface area contributed by atoms with E-state index in [9.17, 15) is 0 Å². The van der Waals surface area contributed by atoms with Crippen molar-refractivity contribution in [2.24, 2.45) is 5.92 Å². The Balaban J connectivity index is 1.24. The minimum absolute atomic E-state index is 0.319. The van der Waals surface area contributed by atoms with E-state index in [0.29, 0.717) is 40.5 Å². The summed E-state index contributed by atoms with van der Waals surface area (Å²) in [5, 5.41) is 18.8. The van der Waals surface area contributed by atoms with Crippen LogP contribution in [-0.4, -0.2) is 38.2 Å². The van der Waals surface area contributed by atoms with E-state index in [1.807, 2.05) is 18.2 Å². The quantitative estimate of drug-likeness (QED) is 0.167. The molecule has 7 rings (SSSR count). The Kier molecular flexibility index (Phi) is 6.98. The number of allylic oxidation sites excluding steroid dienone is 2. The number of pyridine rings is 1. The van der Waals surface area contributed by atoms with Crippen molar-refractivity contribution in [3.05, 3.63) is 87.7 Å². The van der Waals surface area contributed by atoms with Crippen LogP contribution in [0, 0.1) is 18.7 Å². The smallest absolute Gasteiger partial charge is 0.184 e. The molecular weight excluding hydrogens is 533 g/mol. The van der Waals surface area contributed by atoms with Gasteiger partial charge in [-0.1, -0.05) is 48.8 Å². The summed E-state index contributed by atoms with van der Waals surface area (Å²) in [6, 6.07) is 8.32. The summed E-state index contributed by atoms with van der Waals surface area (Å²) in [5.74, 6) is 1.63. The van der Waals surface area contributed by atoms with Gasteiger partial charge in [0.15, 0.2) is 17.3 Å². The molecule has 1 aliphatic heterocycles. The molecule has 0 bridgehead atoms. The van der Waals surface area contributed by atoms with E-state index in [2.05, 4.69) is 72.8 Å². The third-order valence-corrected chi connectivity index (χ3v) is 8.72. The van der Waals surface area contributed by atoms with Gasteiger partial charge in [-0.3, -0.25) is 5.10 Å². The number of fused-ring (bicyclic) bond motifs is 2. The first-order chi connectivity index (χ1) is 20.1. The van der Waals surface area contributed by atoms with Crippen LogP contribution in [0.1, 0.15) is 48.1 Å². The first-order valence-electron chi connectivity index (χ1n) is 14.2. The topological polar surface area (TPSA) is 94.3 Å². The Labute approximate surface area is 242 Å². The van der Waals surface area contributed by atoms with E-state index >= 15 is 4.39 Å². The predicted octanol–water partition coefficient (Wildman–Crippen LogP) is 7.22. The Morgan fingerprint density at radius 2 is 2.02 bits per heavy atom. The molecule has 0 radical (unpaired) electrons. The SMILES string of the molecule is Cc1cc(CNCC2CCCC2)cc(-c2cnc3n[nH]c(-c4nc5c([nH]4)/C(c4ccsc4)=C\C=C/CN5)c3c2F)c1. The zero-order valence-corrected chi connectivity index (χ0v) is 23.7. The van der Waals surface area contributed by atoms with E-state index < -0.39 is 0 Å². The Morgan fingerprint density at radius 1 is 1.12 bits per heavy atom. The second-order valence-electron chi connectivity index (χ2n) is 11.0. The van der Waals surface area contributed by atoms with Crippen LogP contribution in [0.2, 0.25) is 0 Å². The highest BCUT2D eigenvalue weighted by molar-refractivity contribution is 7.08. The molecular formula is C32H32FN7S. The number of nitrogens with one attached hydrogen (secondary N) is 4. The van der Waals surface area contributed by atoms with Gasteiger partial charge >= 0.3 is 0 Å². The lowest BCUT2D eigenvalue weighted by molar-refractivity contribution is 0.489. The number of nitrogens with zero attached hydrogens (tertiary/aromatic N) is 3. The van der Waals surface area contributed by atoms with Crippen molar-refractivity contribution < 1.29 is 4.39 Å². The molecule has 41 heavy (non-hydrogen) atoms. The second-order valence-corrected chi connectivity index (χ2v) is 11.8.